The molecule has 0 bridgehead atoms. The molecule has 4 rings (SSSR count). The average Bonchev–Trinajstić information content (AvgIpc) is 3.07. The number of rotatable bonds is 4. The van der Waals surface area contributed by atoms with E-state index in [2.05, 4.69) is 19.2 Å². The van der Waals surface area contributed by atoms with E-state index >= 15 is 0 Å². The van der Waals surface area contributed by atoms with E-state index in [4.69, 9.17) is 10.8 Å². The molecule has 0 radical (unpaired) electrons. The van der Waals surface area contributed by atoms with Gasteiger partial charge in [0.05, 0.1) is 28.7 Å². The number of aliphatic hydroxyl groups excluding tert-OH is 1. The highest BCUT2D eigenvalue weighted by atomic mass is 16.3. The Morgan fingerprint density at radius 2 is 1.83 bits per heavy atom. The average molecular weight is 482 g/mol. The van der Waals surface area contributed by atoms with Gasteiger partial charge in [-0.3, -0.25) is 9.59 Å². The Bertz CT molecular complexity index is 1140. The van der Waals surface area contributed by atoms with Crippen molar-refractivity contribution in [1.82, 2.24) is 14.7 Å². The van der Waals surface area contributed by atoms with Gasteiger partial charge in [0.1, 0.15) is 0 Å². The quantitative estimate of drug-likeness (QED) is 0.616. The van der Waals surface area contributed by atoms with E-state index in [1.807, 2.05) is 49.4 Å². The van der Waals surface area contributed by atoms with Crippen LogP contribution in [-0.2, 0) is 17.8 Å². The molecule has 1 fully saturated rings. The molecule has 8 nitrogen and oxygen atoms in total. The lowest BCUT2D eigenvalue weighted by Gasteiger charge is -2.45. The van der Waals surface area contributed by atoms with Crippen molar-refractivity contribution in [3.05, 3.63) is 40.7 Å². The molecule has 1 saturated carbocycles. The highest BCUT2D eigenvalue weighted by molar-refractivity contribution is 5.99. The number of fused-ring (bicyclic) bond motifs is 1. The molecule has 35 heavy (non-hydrogen) atoms. The first-order valence-corrected chi connectivity index (χ1v) is 12.6. The number of hydrogen-bond acceptors (Lipinski definition) is 5. The second-order valence-corrected chi connectivity index (χ2v) is 11.8. The van der Waals surface area contributed by atoms with Crippen molar-refractivity contribution >= 4 is 17.5 Å². The van der Waals surface area contributed by atoms with Gasteiger partial charge in [0.15, 0.2) is 0 Å². The highest BCUT2D eigenvalue weighted by Gasteiger charge is 2.42. The summed E-state index contributed by atoms with van der Waals surface area (Å²) >= 11 is 0. The van der Waals surface area contributed by atoms with E-state index < -0.39 is 11.3 Å². The van der Waals surface area contributed by atoms with Crippen LogP contribution in [0.2, 0.25) is 0 Å². The number of aromatic nitrogens is 2. The molecule has 1 aliphatic carbocycles. The Labute approximate surface area is 207 Å². The maximum absolute atomic E-state index is 13.2. The number of aliphatic hydroxyl groups is 1. The predicted molar refractivity (Wildman–Crippen MR) is 136 cm³/mol. The van der Waals surface area contributed by atoms with Crippen molar-refractivity contribution < 1.29 is 14.7 Å². The molecule has 1 aliphatic heterocycles. The van der Waals surface area contributed by atoms with Crippen molar-refractivity contribution in [3.8, 4) is 5.69 Å². The van der Waals surface area contributed by atoms with Crippen LogP contribution in [0, 0.1) is 12.3 Å². The summed E-state index contributed by atoms with van der Waals surface area (Å²) in [5.74, 6) is -0.346. The van der Waals surface area contributed by atoms with Gasteiger partial charge < -0.3 is 21.1 Å². The standard InChI is InChI=1S/C27H39N5O3/c1-16-21-15-31(25(35)26(2,3)4)27(5,6)14-23(21)32(30-16)18-9-12-20(24(28)34)22(13-18)29-17-7-10-19(33)11-8-17/h9,12-13,17,19,29,33H,7-8,10-11,14-15H2,1-6H3,(H2,28,34). The first-order chi connectivity index (χ1) is 16.3. The molecule has 2 heterocycles. The number of amides is 2. The lowest BCUT2D eigenvalue weighted by molar-refractivity contribution is -0.146. The zero-order valence-corrected chi connectivity index (χ0v) is 21.8. The van der Waals surface area contributed by atoms with Crippen LogP contribution < -0.4 is 11.1 Å². The van der Waals surface area contributed by atoms with E-state index in [0.717, 1.165) is 48.3 Å². The van der Waals surface area contributed by atoms with Crippen LogP contribution in [-0.4, -0.2) is 49.3 Å². The number of nitrogens with zero attached hydrogens (tertiary/aromatic N) is 3. The minimum absolute atomic E-state index is 0.134. The fraction of sp³-hybridized carbons (Fsp3) is 0.593. The van der Waals surface area contributed by atoms with E-state index in [1.54, 1.807) is 6.07 Å². The summed E-state index contributed by atoms with van der Waals surface area (Å²) in [5.41, 5.74) is 9.91. The van der Waals surface area contributed by atoms with Crippen LogP contribution in [0.4, 0.5) is 5.69 Å². The van der Waals surface area contributed by atoms with Gasteiger partial charge in [-0.05, 0) is 64.7 Å². The van der Waals surface area contributed by atoms with E-state index in [-0.39, 0.29) is 23.6 Å². The monoisotopic (exact) mass is 481 g/mol. The largest absolute Gasteiger partial charge is 0.393 e. The summed E-state index contributed by atoms with van der Waals surface area (Å²) in [5, 5.41) is 18.2. The number of nitrogens with one attached hydrogen (secondary N) is 1. The Balaban J connectivity index is 1.71. The SMILES string of the molecule is Cc1nn(-c2ccc(C(N)=O)c(NC3CCC(O)CC3)c2)c2c1CN(C(=O)C(C)(C)C)C(C)(C)C2. The molecule has 0 unspecified atom stereocenters. The Hall–Kier alpha value is -2.87. The number of primary amides is 1. The van der Waals surface area contributed by atoms with Gasteiger partial charge in [0, 0.05) is 41.2 Å². The third-order valence-corrected chi connectivity index (χ3v) is 7.39. The lowest BCUT2D eigenvalue weighted by Crippen LogP contribution is -2.54. The molecule has 2 aliphatic rings. The van der Waals surface area contributed by atoms with Crippen molar-refractivity contribution in [3.63, 3.8) is 0 Å². The van der Waals surface area contributed by atoms with Crippen LogP contribution in [0.1, 0.15) is 87.6 Å². The Morgan fingerprint density at radius 3 is 2.43 bits per heavy atom. The van der Waals surface area contributed by atoms with E-state index in [1.165, 1.54) is 0 Å². The topological polar surface area (TPSA) is 113 Å². The number of carbonyl (C=O) groups is 2. The summed E-state index contributed by atoms with van der Waals surface area (Å²) in [4.78, 5) is 27.3. The molecule has 0 saturated heterocycles. The Morgan fingerprint density at radius 1 is 1.17 bits per heavy atom. The summed E-state index contributed by atoms with van der Waals surface area (Å²) < 4.78 is 1.95. The van der Waals surface area contributed by atoms with Crippen molar-refractivity contribution in [2.45, 2.75) is 97.9 Å². The number of anilines is 1. The van der Waals surface area contributed by atoms with Crippen LogP contribution >= 0.6 is 0 Å². The normalized spacial score (nSPS) is 22.0. The van der Waals surface area contributed by atoms with Crippen molar-refractivity contribution in [2.75, 3.05) is 5.32 Å². The number of nitrogens with two attached hydrogens (primary N) is 1. The molecule has 1 aromatic heterocycles. The zero-order valence-electron chi connectivity index (χ0n) is 21.8. The summed E-state index contributed by atoms with van der Waals surface area (Å²) in [6.07, 6.45) is 3.59. The molecule has 1 aromatic carbocycles. The molecule has 8 heteroatoms. The van der Waals surface area contributed by atoms with E-state index in [0.29, 0.717) is 24.2 Å². The van der Waals surface area contributed by atoms with Crippen LogP contribution in [0.3, 0.4) is 0 Å². The molecule has 0 atom stereocenters. The van der Waals surface area contributed by atoms with Gasteiger partial charge in [-0.2, -0.15) is 5.10 Å². The van der Waals surface area contributed by atoms with Crippen LogP contribution in [0.25, 0.3) is 5.69 Å². The number of aryl methyl sites for hydroxylation is 1. The lowest BCUT2D eigenvalue weighted by atomic mass is 9.84. The second-order valence-electron chi connectivity index (χ2n) is 11.8. The fourth-order valence-electron chi connectivity index (χ4n) is 5.28. The van der Waals surface area contributed by atoms with Crippen molar-refractivity contribution in [1.29, 1.82) is 0 Å². The first kappa shape index (κ1) is 25.2. The minimum atomic E-state index is -0.481. The van der Waals surface area contributed by atoms with Gasteiger partial charge in [-0.15, -0.1) is 0 Å². The summed E-state index contributed by atoms with van der Waals surface area (Å²) in [7, 11) is 0. The third-order valence-electron chi connectivity index (χ3n) is 7.39. The summed E-state index contributed by atoms with van der Waals surface area (Å²) in [6.45, 7) is 12.6. The molecule has 4 N–H and O–H groups in total. The molecule has 2 aromatic rings. The maximum atomic E-state index is 13.2. The smallest absolute Gasteiger partial charge is 0.250 e. The highest BCUT2D eigenvalue weighted by Crippen LogP contribution is 2.37. The minimum Gasteiger partial charge on any atom is -0.393 e. The molecule has 2 amide bonds. The van der Waals surface area contributed by atoms with Gasteiger partial charge in [0.2, 0.25) is 5.91 Å². The molecule has 0 spiro atoms. The third kappa shape index (κ3) is 4.94. The molecular weight excluding hydrogens is 442 g/mol. The Kier molecular flexibility index (Phi) is 6.47. The first-order valence-electron chi connectivity index (χ1n) is 12.6. The maximum Gasteiger partial charge on any atom is 0.250 e. The molecular formula is C27H39N5O3. The molecule has 190 valence electrons. The van der Waals surface area contributed by atoms with Gasteiger partial charge in [-0.25, -0.2) is 4.68 Å². The summed E-state index contributed by atoms with van der Waals surface area (Å²) in [6, 6.07) is 5.75. The van der Waals surface area contributed by atoms with Crippen molar-refractivity contribution in [2.24, 2.45) is 11.1 Å². The van der Waals surface area contributed by atoms with Gasteiger partial charge in [-0.1, -0.05) is 20.8 Å². The van der Waals surface area contributed by atoms with Crippen LogP contribution in [0.15, 0.2) is 18.2 Å². The number of benzene rings is 1. The van der Waals surface area contributed by atoms with Gasteiger partial charge in [0.25, 0.3) is 5.91 Å². The predicted octanol–water partition coefficient (Wildman–Crippen LogP) is 3.70. The number of carbonyl (C=O) groups excluding carboxylic acids is 2. The number of hydrogen-bond donors (Lipinski definition) is 3. The van der Waals surface area contributed by atoms with E-state index in [9.17, 15) is 14.7 Å². The zero-order chi connectivity index (χ0) is 25.7. The fourth-order valence-corrected chi connectivity index (χ4v) is 5.28. The van der Waals surface area contributed by atoms with Crippen LogP contribution in [0.5, 0.6) is 0 Å². The second kappa shape index (κ2) is 8.97. The van der Waals surface area contributed by atoms with Gasteiger partial charge >= 0.3 is 0 Å².